The van der Waals surface area contributed by atoms with Crippen LogP contribution in [-0.2, 0) is 34.8 Å². The van der Waals surface area contributed by atoms with E-state index in [2.05, 4.69) is 4.74 Å². The summed E-state index contributed by atoms with van der Waals surface area (Å²) in [5.74, 6) is -4.34. The van der Waals surface area contributed by atoms with Gasteiger partial charge in [0.05, 0.1) is 47.5 Å². The molecule has 0 spiro atoms. The maximum Gasteiger partial charge on any atom is 0.416 e. The standard InChI is InChI=1S/C29H28F3N3O6/c1-15(2)40-28(38)24-23(19-11-9-18(14-33)10-12-19)22(27(37)41-17(4)26(36)39-5)16(3)35(25(24)34)21-8-6-7-20(13-21)29(30,31)32/h6-13,15,17,23H,34H2,1-5H3/t17-,23?/m0/s1. The number of nitrogens with zero attached hydrogens (tertiary/aromatic N) is 2. The number of alkyl halides is 3. The number of carbonyl (C=O) groups excluding carboxylic acids is 3. The first kappa shape index (κ1) is 30.7. The van der Waals surface area contributed by atoms with Gasteiger partial charge >= 0.3 is 24.1 Å². The zero-order valence-electron chi connectivity index (χ0n) is 22.9. The van der Waals surface area contributed by atoms with Gasteiger partial charge in [0.1, 0.15) is 5.82 Å². The molecule has 0 radical (unpaired) electrons. The third-order valence-electron chi connectivity index (χ3n) is 6.22. The fourth-order valence-electron chi connectivity index (χ4n) is 4.36. The number of esters is 3. The Kier molecular flexibility index (Phi) is 9.12. The molecule has 2 N–H and O–H groups in total. The second kappa shape index (κ2) is 12.2. The molecule has 2 atom stereocenters. The number of methoxy groups -OCH3 is 1. The molecule has 0 saturated carbocycles. The molecule has 2 aromatic rings. The van der Waals surface area contributed by atoms with Gasteiger partial charge in [0, 0.05) is 11.4 Å². The van der Waals surface area contributed by atoms with Crippen LogP contribution in [0.1, 0.15) is 50.3 Å². The molecule has 0 fully saturated rings. The zero-order valence-corrected chi connectivity index (χ0v) is 22.9. The predicted octanol–water partition coefficient (Wildman–Crippen LogP) is 4.68. The quantitative estimate of drug-likeness (QED) is 0.372. The van der Waals surface area contributed by atoms with Crippen LogP contribution in [0.4, 0.5) is 18.9 Å². The van der Waals surface area contributed by atoms with Gasteiger partial charge in [-0.2, -0.15) is 18.4 Å². The first-order valence-corrected chi connectivity index (χ1v) is 12.4. The molecule has 0 aromatic heterocycles. The number of ether oxygens (including phenoxy) is 3. The molecule has 1 unspecified atom stereocenters. The summed E-state index contributed by atoms with van der Waals surface area (Å²) in [5, 5.41) is 9.25. The lowest BCUT2D eigenvalue weighted by Crippen LogP contribution is -2.40. The van der Waals surface area contributed by atoms with Crippen molar-refractivity contribution in [2.45, 2.75) is 52.0 Å². The van der Waals surface area contributed by atoms with E-state index >= 15 is 0 Å². The van der Waals surface area contributed by atoms with Crippen molar-refractivity contribution in [3.05, 3.63) is 87.9 Å². The lowest BCUT2D eigenvalue weighted by atomic mass is 9.80. The molecule has 0 saturated heterocycles. The number of benzene rings is 2. The molecule has 0 aliphatic carbocycles. The van der Waals surface area contributed by atoms with E-state index in [9.17, 15) is 32.8 Å². The van der Waals surface area contributed by atoms with E-state index in [-0.39, 0.29) is 28.4 Å². The highest BCUT2D eigenvalue weighted by molar-refractivity contribution is 6.02. The maximum absolute atomic E-state index is 13.7. The number of hydrogen-bond acceptors (Lipinski definition) is 9. The van der Waals surface area contributed by atoms with E-state index in [0.29, 0.717) is 11.1 Å². The van der Waals surface area contributed by atoms with Gasteiger partial charge in [0.15, 0.2) is 6.10 Å². The predicted molar refractivity (Wildman–Crippen MR) is 141 cm³/mol. The molecule has 1 aliphatic rings. The monoisotopic (exact) mass is 571 g/mol. The van der Waals surface area contributed by atoms with Crippen LogP contribution in [0.5, 0.6) is 0 Å². The first-order chi connectivity index (χ1) is 19.2. The molecule has 216 valence electrons. The first-order valence-electron chi connectivity index (χ1n) is 12.4. The molecule has 0 bridgehead atoms. The van der Waals surface area contributed by atoms with Crippen LogP contribution in [0.15, 0.2) is 71.2 Å². The Morgan fingerprint density at radius 1 is 1.00 bits per heavy atom. The molecule has 9 nitrogen and oxygen atoms in total. The van der Waals surface area contributed by atoms with Crippen molar-refractivity contribution in [3.63, 3.8) is 0 Å². The van der Waals surface area contributed by atoms with Crippen LogP contribution < -0.4 is 10.6 Å². The minimum Gasteiger partial charge on any atom is -0.466 e. The number of halogens is 3. The fraction of sp³-hybridized carbons (Fsp3) is 0.310. The van der Waals surface area contributed by atoms with Gasteiger partial charge in [-0.05, 0) is 63.6 Å². The molecule has 41 heavy (non-hydrogen) atoms. The van der Waals surface area contributed by atoms with E-state index in [1.54, 1.807) is 13.8 Å². The number of rotatable bonds is 7. The SMILES string of the molecule is COC(=O)[C@H](C)OC(=O)C1=C(C)N(c2cccc(C(F)(F)F)c2)C(N)=C(C(=O)OC(C)C)C1c1ccc(C#N)cc1. The van der Waals surface area contributed by atoms with Crippen molar-refractivity contribution >= 4 is 23.6 Å². The Hall–Kier alpha value is -4.79. The van der Waals surface area contributed by atoms with E-state index in [4.69, 9.17) is 15.2 Å². The molecule has 2 aromatic carbocycles. The topological polar surface area (TPSA) is 132 Å². The highest BCUT2D eigenvalue weighted by Gasteiger charge is 2.43. The molecule has 3 rings (SSSR count). The van der Waals surface area contributed by atoms with Crippen molar-refractivity contribution in [2.24, 2.45) is 5.73 Å². The van der Waals surface area contributed by atoms with E-state index < -0.39 is 47.8 Å². The van der Waals surface area contributed by atoms with Gasteiger partial charge in [-0.1, -0.05) is 18.2 Å². The highest BCUT2D eigenvalue weighted by atomic mass is 19.4. The smallest absolute Gasteiger partial charge is 0.416 e. The van der Waals surface area contributed by atoms with Gasteiger partial charge in [0.25, 0.3) is 0 Å². The summed E-state index contributed by atoms with van der Waals surface area (Å²) in [5.41, 5.74) is 5.67. The Bertz CT molecular complexity index is 1460. The van der Waals surface area contributed by atoms with Gasteiger partial charge in [0.2, 0.25) is 0 Å². The van der Waals surface area contributed by atoms with Crippen LogP contribution in [0.2, 0.25) is 0 Å². The summed E-state index contributed by atoms with van der Waals surface area (Å²) < 4.78 is 56.2. The van der Waals surface area contributed by atoms with Crippen molar-refractivity contribution in [3.8, 4) is 6.07 Å². The fourth-order valence-corrected chi connectivity index (χ4v) is 4.36. The van der Waals surface area contributed by atoms with Gasteiger partial charge in [-0.3, -0.25) is 0 Å². The van der Waals surface area contributed by atoms with Crippen LogP contribution >= 0.6 is 0 Å². The Morgan fingerprint density at radius 2 is 1.61 bits per heavy atom. The summed E-state index contributed by atoms with van der Waals surface area (Å²) in [6, 6.07) is 12.1. The molecule has 0 amide bonds. The number of hydrogen-bond donors (Lipinski definition) is 1. The molecule has 12 heteroatoms. The maximum atomic E-state index is 13.7. The van der Waals surface area contributed by atoms with Crippen LogP contribution in [0, 0.1) is 11.3 Å². The third-order valence-corrected chi connectivity index (χ3v) is 6.22. The lowest BCUT2D eigenvalue weighted by Gasteiger charge is -2.37. The largest absolute Gasteiger partial charge is 0.466 e. The minimum absolute atomic E-state index is 0.0411. The highest BCUT2D eigenvalue weighted by Crippen LogP contribution is 2.44. The molecular formula is C29H28F3N3O6. The Labute approximate surface area is 234 Å². The van der Waals surface area contributed by atoms with Gasteiger partial charge in [-0.15, -0.1) is 0 Å². The van der Waals surface area contributed by atoms with E-state index in [1.807, 2.05) is 6.07 Å². The summed E-state index contributed by atoms with van der Waals surface area (Å²) in [6.45, 7) is 5.88. The van der Waals surface area contributed by atoms with Crippen molar-refractivity contribution in [1.82, 2.24) is 0 Å². The van der Waals surface area contributed by atoms with Gasteiger partial charge < -0.3 is 24.8 Å². The number of nitriles is 1. The van der Waals surface area contributed by atoms with Crippen LogP contribution in [0.3, 0.4) is 0 Å². The second-order valence-corrected chi connectivity index (χ2v) is 9.37. The third kappa shape index (κ3) is 6.51. The van der Waals surface area contributed by atoms with Crippen LogP contribution in [-0.4, -0.2) is 37.2 Å². The number of allylic oxidation sites excluding steroid dienone is 1. The van der Waals surface area contributed by atoms with E-state index in [0.717, 1.165) is 30.2 Å². The normalized spacial score (nSPS) is 16.3. The Balaban J connectivity index is 2.35. The second-order valence-electron chi connectivity index (χ2n) is 9.37. The summed E-state index contributed by atoms with van der Waals surface area (Å²) >= 11 is 0. The molecule has 1 aliphatic heterocycles. The number of nitrogens with two attached hydrogens (primary N) is 1. The average molecular weight is 572 g/mol. The zero-order chi connectivity index (χ0) is 30.6. The Morgan fingerprint density at radius 3 is 2.15 bits per heavy atom. The summed E-state index contributed by atoms with van der Waals surface area (Å²) in [4.78, 5) is 40.4. The number of carbonyl (C=O) groups is 3. The van der Waals surface area contributed by atoms with Gasteiger partial charge in [-0.25, -0.2) is 14.4 Å². The van der Waals surface area contributed by atoms with Crippen molar-refractivity contribution < 1.29 is 41.8 Å². The molecule has 1 heterocycles. The summed E-state index contributed by atoms with van der Waals surface area (Å²) in [7, 11) is 1.11. The molecular weight excluding hydrogens is 543 g/mol. The van der Waals surface area contributed by atoms with Crippen molar-refractivity contribution in [1.29, 1.82) is 5.26 Å². The lowest BCUT2D eigenvalue weighted by molar-refractivity contribution is -0.162. The average Bonchev–Trinajstić information content (AvgIpc) is 2.91. The van der Waals surface area contributed by atoms with Crippen LogP contribution in [0.25, 0.3) is 0 Å². The number of anilines is 1. The summed E-state index contributed by atoms with van der Waals surface area (Å²) in [6.07, 6.45) is -6.66. The minimum atomic E-state index is -4.69. The van der Waals surface area contributed by atoms with E-state index in [1.165, 1.54) is 44.2 Å². The van der Waals surface area contributed by atoms with Crippen molar-refractivity contribution in [2.75, 3.05) is 12.0 Å².